The van der Waals surface area contributed by atoms with Gasteiger partial charge >= 0.3 is 0 Å². The number of nitrogens with one attached hydrogen (secondary N) is 1. The highest BCUT2D eigenvalue weighted by Gasteiger charge is 2.11. The van der Waals surface area contributed by atoms with Crippen LogP contribution >= 0.6 is 11.8 Å². The lowest BCUT2D eigenvalue weighted by Crippen LogP contribution is -2.30. The topological polar surface area (TPSA) is 80.7 Å². The summed E-state index contributed by atoms with van der Waals surface area (Å²) >= 11 is 1.50. The van der Waals surface area contributed by atoms with E-state index >= 15 is 0 Å². The fraction of sp³-hybridized carbons (Fsp3) is 0.0667. The zero-order valence-electron chi connectivity index (χ0n) is 11.1. The molecule has 1 amide bonds. The second kappa shape index (κ2) is 6.25. The van der Waals surface area contributed by atoms with Gasteiger partial charge in [-0.3, -0.25) is 10.2 Å². The van der Waals surface area contributed by atoms with E-state index in [1.165, 1.54) is 18.0 Å². The quantitative estimate of drug-likeness (QED) is 0.578. The molecule has 0 saturated carbocycles. The third-order valence-electron chi connectivity index (χ3n) is 2.82. The van der Waals surface area contributed by atoms with Gasteiger partial charge in [0.25, 0.3) is 5.91 Å². The van der Waals surface area contributed by atoms with Gasteiger partial charge in [0.1, 0.15) is 0 Å². The van der Waals surface area contributed by atoms with Crippen molar-refractivity contribution >= 4 is 29.6 Å². The number of carbonyl (C=O) groups excluding carboxylic acids is 1. The van der Waals surface area contributed by atoms with Gasteiger partial charge in [0.2, 0.25) is 0 Å². The van der Waals surface area contributed by atoms with Crippen LogP contribution in [0.15, 0.2) is 52.3 Å². The number of anilines is 1. The van der Waals surface area contributed by atoms with Crippen LogP contribution in [0.4, 0.5) is 5.69 Å². The van der Waals surface area contributed by atoms with Gasteiger partial charge in [0.05, 0.1) is 11.1 Å². The summed E-state index contributed by atoms with van der Waals surface area (Å²) in [6, 6.07) is 13.1. The first-order valence-corrected chi connectivity index (χ1v) is 6.90. The molecule has 0 saturated heterocycles. The molecule has 0 unspecified atom stereocenters. The molecule has 2 aromatic rings. The number of rotatable bonds is 4. The fourth-order valence-electron chi connectivity index (χ4n) is 1.77. The zero-order chi connectivity index (χ0) is 14.5. The third-order valence-corrected chi connectivity index (χ3v) is 3.89. The monoisotopic (exact) mass is 286 g/mol. The first kappa shape index (κ1) is 14.1. The van der Waals surface area contributed by atoms with E-state index in [-0.39, 0.29) is 5.91 Å². The molecule has 5 N–H and O–H groups in total. The molecular formula is C15H16N3OS+. The lowest BCUT2D eigenvalue weighted by atomic mass is 10.2. The maximum Gasteiger partial charge on any atom is 0.252 e. The van der Waals surface area contributed by atoms with Crippen molar-refractivity contribution in [1.82, 2.24) is 5.32 Å². The Hall–Kier alpha value is -2.27. The third kappa shape index (κ3) is 3.00. The smallest absolute Gasteiger partial charge is 0.252 e. The highest BCUT2D eigenvalue weighted by Crippen LogP contribution is 2.32. The summed E-state index contributed by atoms with van der Waals surface area (Å²) in [5.74, 6) is -0.104. The van der Waals surface area contributed by atoms with Crippen molar-refractivity contribution in [3.8, 4) is 0 Å². The highest BCUT2D eigenvalue weighted by molar-refractivity contribution is 7.99. The molecule has 4 nitrogen and oxygen atoms in total. The average Bonchev–Trinajstić information content (AvgIpc) is 2.47. The SMILES string of the molecule is CNC(=O)c1ccccc1Sc1ccc(C=[NH2+])c(N)c1. The number of benzene rings is 2. The number of hydrogen-bond acceptors (Lipinski definition) is 3. The second-order valence-corrected chi connectivity index (χ2v) is 5.25. The molecule has 0 heterocycles. The van der Waals surface area contributed by atoms with Gasteiger partial charge in [0, 0.05) is 22.5 Å². The summed E-state index contributed by atoms with van der Waals surface area (Å²) in [5.41, 5.74) is 7.97. The van der Waals surface area contributed by atoms with Gasteiger partial charge in [-0.2, -0.15) is 0 Å². The van der Waals surface area contributed by atoms with E-state index in [1.54, 1.807) is 13.1 Å². The standard InChI is InChI=1S/C15H15N3OS/c1-18-15(19)12-4-2-3-5-14(12)20-11-7-6-10(9-16)13(17)8-11/h2-9,16H,17H2,1H3,(H,18,19)/p+1. The van der Waals surface area contributed by atoms with Crippen molar-refractivity contribution in [3.05, 3.63) is 53.6 Å². The molecule has 0 aromatic heterocycles. The summed E-state index contributed by atoms with van der Waals surface area (Å²) < 4.78 is 0. The molecule has 2 rings (SSSR count). The fourth-order valence-corrected chi connectivity index (χ4v) is 2.77. The van der Waals surface area contributed by atoms with Gasteiger partial charge in [-0.1, -0.05) is 23.9 Å². The van der Waals surface area contributed by atoms with E-state index in [2.05, 4.69) is 5.32 Å². The Balaban J connectivity index is 2.33. The van der Waals surface area contributed by atoms with Crippen LogP contribution in [-0.4, -0.2) is 19.2 Å². The number of carbonyl (C=O) groups is 1. The maximum atomic E-state index is 11.8. The molecule has 20 heavy (non-hydrogen) atoms. The minimum atomic E-state index is -0.104. The molecule has 0 atom stereocenters. The van der Waals surface area contributed by atoms with Crippen molar-refractivity contribution in [3.63, 3.8) is 0 Å². The van der Waals surface area contributed by atoms with Crippen LogP contribution in [0, 0.1) is 0 Å². The van der Waals surface area contributed by atoms with Gasteiger partial charge in [-0.25, -0.2) is 0 Å². The first-order chi connectivity index (χ1) is 9.65. The predicted molar refractivity (Wildman–Crippen MR) is 81.9 cm³/mol. The van der Waals surface area contributed by atoms with E-state index < -0.39 is 0 Å². The minimum absolute atomic E-state index is 0.104. The molecule has 0 aliphatic carbocycles. The van der Waals surface area contributed by atoms with Crippen molar-refractivity contribution < 1.29 is 10.2 Å². The lowest BCUT2D eigenvalue weighted by Gasteiger charge is -2.08. The summed E-state index contributed by atoms with van der Waals surface area (Å²) in [7, 11) is 1.62. The Bertz CT molecular complexity index is 655. The number of hydrogen-bond donors (Lipinski definition) is 3. The largest absolute Gasteiger partial charge is 0.398 e. The normalized spacial score (nSPS) is 10.1. The van der Waals surface area contributed by atoms with E-state index in [0.717, 1.165) is 15.4 Å². The van der Waals surface area contributed by atoms with Gasteiger partial charge in [-0.05, 0) is 30.3 Å². The Morgan fingerprint density at radius 3 is 2.70 bits per heavy atom. The van der Waals surface area contributed by atoms with Crippen molar-refractivity contribution in [2.24, 2.45) is 0 Å². The van der Waals surface area contributed by atoms with Crippen LogP contribution in [0.2, 0.25) is 0 Å². The highest BCUT2D eigenvalue weighted by atomic mass is 32.2. The Morgan fingerprint density at radius 2 is 2.05 bits per heavy atom. The van der Waals surface area contributed by atoms with Crippen LogP contribution in [0.1, 0.15) is 15.9 Å². The predicted octanol–water partition coefficient (Wildman–Crippen LogP) is 0.958. The average molecular weight is 286 g/mol. The Morgan fingerprint density at radius 1 is 1.30 bits per heavy atom. The van der Waals surface area contributed by atoms with E-state index in [9.17, 15) is 4.79 Å². The van der Waals surface area contributed by atoms with Crippen LogP contribution in [0.3, 0.4) is 0 Å². The first-order valence-electron chi connectivity index (χ1n) is 6.09. The van der Waals surface area contributed by atoms with E-state index in [1.807, 2.05) is 36.4 Å². The van der Waals surface area contributed by atoms with E-state index in [0.29, 0.717) is 11.3 Å². The Kier molecular flexibility index (Phi) is 4.42. The van der Waals surface area contributed by atoms with Gasteiger partial charge < -0.3 is 11.1 Å². The number of amides is 1. The molecule has 2 aromatic carbocycles. The number of nitrogen functional groups attached to an aromatic ring is 1. The van der Waals surface area contributed by atoms with E-state index in [4.69, 9.17) is 11.1 Å². The zero-order valence-corrected chi connectivity index (χ0v) is 11.9. The Labute approximate surface area is 121 Å². The molecule has 0 aliphatic rings. The van der Waals surface area contributed by atoms with Crippen LogP contribution in [0.5, 0.6) is 0 Å². The molecule has 5 heteroatoms. The van der Waals surface area contributed by atoms with Crippen molar-refractivity contribution in [2.75, 3.05) is 12.8 Å². The molecule has 102 valence electrons. The second-order valence-electron chi connectivity index (χ2n) is 4.13. The molecule has 0 radical (unpaired) electrons. The number of nitrogens with two attached hydrogens (primary N) is 2. The van der Waals surface area contributed by atoms with Gasteiger partial charge in [0.15, 0.2) is 6.21 Å². The molecule has 0 spiro atoms. The molecule has 0 bridgehead atoms. The van der Waals surface area contributed by atoms with Crippen molar-refractivity contribution in [1.29, 1.82) is 0 Å². The molecule has 0 aliphatic heterocycles. The minimum Gasteiger partial charge on any atom is -0.398 e. The van der Waals surface area contributed by atoms with Crippen LogP contribution in [-0.2, 0) is 0 Å². The van der Waals surface area contributed by atoms with Crippen molar-refractivity contribution in [2.45, 2.75) is 9.79 Å². The molecular weight excluding hydrogens is 270 g/mol. The van der Waals surface area contributed by atoms with Crippen LogP contribution in [0.25, 0.3) is 0 Å². The van der Waals surface area contributed by atoms with Gasteiger partial charge in [-0.15, -0.1) is 0 Å². The summed E-state index contributed by atoms with van der Waals surface area (Å²) in [6.07, 6.45) is 1.47. The lowest BCUT2D eigenvalue weighted by molar-refractivity contribution is -0.104. The van der Waals surface area contributed by atoms with Crippen LogP contribution < -0.4 is 16.5 Å². The summed E-state index contributed by atoms with van der Waals surface area (Å²) in [4.78, 5) is 13.7. The molecule has 0 fully saturated rings. The summed E-state index contributed by atoms with van der Waals surface area (Å²) in [6.45, 7) is 0. The summed E-state index contributed by atoms with van der Waals surface area (Å²) in [5, 5.41) is 8.11. The maximum absolute atomic E-state index is 11.8.